The molecule has 3 heteroatoms. The Hall–Kier alpha value is -1.35. The number of benzene rings is 1. The van der Waals surface area contributed by atoms with Gasteiger partial charge in [0.05, 0.1) is 19.6 Å². The van der Waals surface area contributed by atoms with Crippen LogP contribution in [0.15, 0.2) is 30.3 Å². The summed E-state index contributed by atoms with van der Waals surface area (Å²) in [4.78, 5) is 11.2. The third-order valence-electron chi connectivity index (χ3n) is 1.87. The summed E-state index contributed by atoms with van der Waals surface area (Å²) in [5.74, 6) is -0.592. The van der Waals surface area contributed by atoms with Gasteiger partial charge in [-0.3, -0.25) is 4.79 Å². The Kier molecular flexibility index (Phi) is 3.55. The number of rotatable bonds is 4. The molecule has 0 N–H and O–H groups in total. The van der Waals surface area contributed by atoms with Gasteiger partial charge < -0.3 is 9.47 Å². The summed E-state index contributed by atoms with van der Waals surface area (Å²) in [6.07, 6.45) is -1.64. The second kappa shape index (κ2) is 5.40. The van der Waals surface area contributed by atoms with Gasteiger partial charge in [0.2, 0.25) is 0 Å². The second-order valence-electron chi connectivity index (χ2n) is 2.76. The second-order valence-corrected chi connectivity index (χ2v) is 2.76. The first-order valence-corrected chi connectivity index (χ1v) is 4.28. The number of carbonyl (C=O) groups excluding carboxylic acids is 1. The molecule has 0 bridgehead atoms. The van der Waals surface area contributed by atoms with E-state index in [0.29, 0.717) is 0 Å². The van der Waals surface area contributed by atoms with E-state index < -0.39 is 18.5 Å². The van der Waals surface area contributed by atoms with E-state index in [1.54, 1.807) is 0 Å². The molecular formula is C11H14O3. The van der Waals surface area contributed by atoms with Crippen LogP contribution >= 0.6 is 0 Å². The summed E-state index contributed by atoms with van der Waals surface area (Å²) < 4.78 is 17.3. The van der Waals surface area contributed by atoms with E-state index in [-0.39, 0.29) is 0 Å². The van der Waals surface area contributed by atoms with Gasteiger partial charge in [0.25, 0.3) is 0 Å². The van der Waals surface area contributed by atoms with Gasteiger partial charge in [-0.2, -0.15) is 0 Å². The Bertz CT molecular complexity index is 313. The predicted molar refractivity (Wildman–Crippen MR) is 52.8 cm³/mol. The molecule has 0 aromatic heterocycles. The summed E-state index contributed by atoms with van der Waals surface area (Å²) in [6, 6.07) is 9.18. The molecule has 1 rings (SSSR count). The van der Waals surface area contributed by atoms with Crippen LogP contribution in [0.25, 0.3) is 0 Å². The first-order valence-electron chi connectivity index (χ1n) is 4.86. The molecule has 0 spiro atoms. The van der Waals surface area contributed by atoms with Gasteiger partial charge in [0, 0.05) is 8.48 Å². The zero-order valence-corrected chi connectivity index (χ0v) is 8.27. The number of esters is 1. The van der Waals surface area contributed by atoms with Crippen molar-refractivity contribution in [2.24, 2.45) is 0 Å². The summed E-state index contributed by atoms with van der Waals surface area (Å²) in [5.41, 5.74) is 0.797. The highest BCUT2D eigenvalue weighted by molar-refractivity contribution is 5.70. The van der Waals surface area contributed by atoms with Crippen LogP contribution in [0.1, 0.15) is 19.4 Å². The lowest BCUT2D eigenvalue weighted by Crippen LogP contribution is -2.10. The Labute approximate surface area is 85.0 Å². The minimum absolute atomic E-state index is 0.585. The van der Waals surface area contributed by atoms with Gasteiger partial charge in [-0.1, -0.05) is 30.3 Å². The molecule has 76 valence electrons. The maximum atomic E-state index is 11.2. The molecule has 0 aliphatic rings. The average Bonchev–Trinajstić information content (AvgIpc) is 2.30. The topological polar surface area (TPSA) is 35.5 Å². The average molecular weight is 195 g/mol. The van der Waals surface area contributed by atoms with E-state index in [1.165, 1.54) is 14.2 Å². The van der Waals surface area contributed by atoms with Crippen molar-refractivity contribution >= 4 is 5.97 Å². The van der Waals surface area contributed by atoms with Gasteiger partial charge in [-0.25, -0.2) is 0 Å². The lowest BCUT2D eigenvalue weighted by atomic mass is 10.1. The third-order valence-corrected chi connectivity index (χ3v) is 1.87. The molecule has 3 nitrogen and oxygen atoms in total. The van der Waals surface area contributed by atoms with Crippen molar-refractivity contribution in [3.05, 3.63) is 35.9 Å². The Morgan fingerprint density at radius 1 is 1.43 bits per heavy atom. The monoisotopic (exact) mass is 195 g/mol. The first kappa shape index (κ1) is 9.21. The van der Waals surface area contributed by atoms with E-state index in [0.717, 1.165) is 5.56 Å². The molecule has 2 atom stereocenters. The van der Waals surface area contributed by atoms with Gasteiger partial charge in [0.15, 0.2) is 0 Å². The molecule has 0 aliphatic heterocycles. The lowest BCUT2D eigenvalue weighted by Gasteiger charge is -2.13. The number of methoxy groups -OCH3 is 2. The van der Waals surface area contributed by atoms with Crippen LogP contribution in [0.4, 0.5) is 0 Å². The van der Waals surface area contributed by atoms with Crippen LogP contribution in [-0.4, -0.2) is 20.2 Å². The van der Waals surface area contributed by atoms with Gasteiger partial charge in [0.1, 0.15) is 0 Å². The zero-order chi connectivity index (χ0) is 11.3. The van der Waals surface area contributed by atoms with Gasteiger partial charge in [-0.15, -0.1) is 0 Å². The molecule has 0 fully saturated rings. The minimum Gasteiger partial charge on any atom is -0.469 e. The van der Waals surface area contributed by atoms with E-state index in [1.807, 2.05) is 30.3 Å². The SMILES string of the molecule is [2H][C@H](C(=O)OC)[C@H](OC)c1ccccc1. The van der Waals surface area contributed by atoms with Crippen molar-refractivity contribution in [1.82, 2.24) is 0 Å². The van der Waals surface area contributed by atoms with Crippen molar-refractivity contribution < 1.29 is 15.6 Å². The molecule has 0 heterocycles. The smallest absolute Gasteiger partial charge is 0.308 e. The molecular weight excluding hydrogens is 180 g/mol. The maximum absolute atomic E-state index is 11.2. The lowest BCUT2D eigenvalue weighted by molar-refractivity contribution is -0.143. The summed E-state index contributed by atoms with van der Waals surface area (Å²) in [7, 11) is 2.74. The third kappa shape index (κ3) is 2.85. The predicted octanol–water partition coefficient (Wildman–Crippen LogP) is 1.94. The van der Waals surface area contributed by atoms with Crippen LogP contribution in [-0.2, 0) is 14.3 Å². The molecule has 0 radical (unpaired) electrons. The normalized spacial score (nSPS) is 15.4. The van der Waals surface area contributed by atoms with Crippen molar-refractivity contribution in [2.45, 2.75) is 12.5 Å². The molecule has 1 aromatic carbocycles. The molecule has 1 aromatic rings. The van der Waals surface area contributed by atoms with Gasteiger partial charge in [-0.05, 0) is 5.56 Å². The van der Waals surface area contributed by atoms with E-state index in [9.17, 15) is 4.79 Å². The quantitative estimate of drug-likeness (QED) is 0.689. The summed E-state index contributed by atoms with van der Waals surface area (Å²) in [5, 5.41) is 0. The summed E-state index contributed by atoms with van der Waals surface area (Å²) in [6.45, 7) is 0. The molecule has 0 aliphatic carbocycles. The summed E-state index contributed by atoms with van der Waals surface area (Å²) >= 11 is 0. The minimum atomic E-state index is -1.05. The molecule has 0 amide bonds. The van der Waals surface area contributed by atoms with Crippen LogP contribution < -0.4 is 0 Å². The van der Waals surface area contributed by atoms with Crippen molar-refractivity contribution in [3.8, 4) is 0 Å². The molecule has 0 saturated heterocycles. The van der Waals surface area contributed by atoms with Crippen LogP contribution in [0.5, 0.6) is 0 Å². The molecule has 0 unspecified atom stereocenters. The number of hydrogen-bond acceptors (Lipinski definition) is 3. The fraction of sp³-hybridized carbons (Fsp3) is 0.364. The highest BCUT2D eigenvalue weighted by Gasteiger charge is 2.14. The van der Waals surface area contributed by atoms with E-state index >= 15 is 0 Å². The number of carbonyl (C=O) groups is 1. The zero-order valence-electron chi connectivity index (χ0n) is 9.27. The fourth-order valence-corrected chi connectivity index (χ4v) is 1.13. The molecule has 0 saturated carbocycles. The molecule has 14 heavy (non-hydrogen) atoms. The van der Waals surface area contributed by atoms with Crippen molar-refractivity contribution in [2.75, 3.05) is 14.2 Å². The van der Waals surface area contributed by atoms with Crippen molar-refractivity contribution in [1.29, 1.82) is 0 Å². The standard InChI is InChI=1S/C11H14O3/c1-13-10(8-11(12)14-2)9-6-4-3-5-7-9/h3-7,10H,8H2,1-2H3/t10-/m0/s1/i8D/t8-,10-. The number of hydrogen-bond donors (Lipinski definition) is 0. The van der Waals surface area contributed by atoms with E-state index in [2.05, 4.69) is 4.74 Å². The Morgan fingerprint density at radius 2 is 2.07 bits per heavy atom. The fourth-order valence-electron chi connectivity index (χ4n) is 1.13. The first-order chi connectivity index (χ1) is 7.20. The number of ether oxygens (including phenoxy) is 2. The van der Waals surface area contributed by atoms with Crippen molar-refractivity contribution in [3.63, 3.8) is 0 Å². The van der Waals surface area contributed by atoms with Crippen LogP contribution in [0, 0.1) is 0 Å². The Balaban J connectivity index is 2.85. The maximum Gasteiger partial charge on any atom is 0.308 e. The largest absolute Gasteiger partial charge is 0.469 e. The highest BCUT2D eigenvalue weighted by atomic mass is 16.5. The van der Waals surface area contributed by atoms with Crippen LogP contribution in [0.3, 0.4) is 0 Å². The highest BCUT2D eigenvalue weighted by Crippen LogP contribution is 2.20. The van der Waals surface area contributed by atoms with E-state index in [4.69, 9.17) is 6.11 Å². The van der Waals surface area contributed by atoms with Crippen LogP contribution in [0.2, 0.25) is 0 Å². The van der Waals surface area contributed by atoms with Gasteiger partial charge >= 0.3 is 5.97 Å². The Morgan fingerprint density at radius 3 is 2.57 bits per heavy atom.